The lowest BCUT2D eigenvalue weighted by Gasteiger charge is -2.23. The van der Waals surface area contributed by atoms with Gasteiger partial charge in [0.05, 0.1) is 19.0 Å². The van der Waals surface area contributed by atoms with Gasteiger partial charge < -0.3 is 30.2 Å². The van der Waals surface area contributed by atoms with Gasteiger partial charge in [-0.3, -0.25) is 0 Å². The zero-order chi connectivity index (χ0) is 23.4. The quantitative estimate of drug-likeness (QED) is 0.379. The highest BCUT2D eigenvalue weighted by Crippen LogP contribution is 2.33. The van der Waals surface area contributed by atoms with Crippen molar-refractivity contribution >= 4 is 22.9 Å². The van der Waals surface area contributed by atoms with Gasteiger partial charge in [-0.2, -0.15) is 9.97 Å². The van der Waals surface area contributed by atoms with Crippen molar-refractivity contribution in [2.75, 3.05) is 24.3 Å². The van der Waals surface area contributed by atoms with Crippen LogP contribution in [0.1, 0.15) is 64.0 Å². The molecular formula is C24H34N6O3. The second kappa shape index (κ2) is 9.82. The number of anilines is 2. The van der Waals surface area contributed by atoms with Crippen LogP contribution in [-0.2, 0) is 6.54 Å². The van der Waals surface area contributed by atoms with Crippen LogP contribution in [0.15, 0.2) is 24.5 Å². The van der Waals surface area contributed by atoms with Gasteiger partial charge in [-0.1, -0.05) is 31.4 Å². The first-order valence-electron chi connectivity index (χ1n) is 11.7. The molecular weight excluding hydrogens is 420 g/mol. The number of phenolic OH excluding ortho intramolecular Hbond substituents is 1. The lowest BCUT2D eigenvalue weighted by Crippen LogP contribution is -2.23. The molecule has 2 heterocycles. The molecule has 1 aliphatic rings. The fraction of sp³-hybridized carbons (Fsp3) is 0.542. The van der Waals surface area contributed by atoms with E-state index in [1.807, 2.05) is 18.5 Å². The average molecular weight is 455 g/mol. The molecule has 4 rings (SSSR count). The number of aliphatic hydroxyl groups is 1. The summed E-state index contributed by atoms with van der Waals surface area (Å²) in [5.41, 5.74) is 1.42. The topological polar surface area (TPSA) is 117 Å². The van der Waals surface area contributed by atoms with Crippen molar-refractivity contribution in [1.82, 2.24) is 19.5 Å². The number of aromatic hydroxyl groups is 1. The number of imidazole rings is 1. The molecule has 0 unspecified atom stereocenters. The van der Waals surface area contributed by atoms with Gasteiger partial charge in [0.25, 0.3) is 0 Å². The van der Waals surface area contributed by atoms with Crippen molar-refractivity contribution in [3.05, 3.63) is 30.1 Å². The highest BCUT2D eigenvalue weighted by molar-refractivity contribution is 5.84. The van der Waals surface area contributed by atoms with Gasteiger partial charge in [-0.15, -0.1) is 0 Å². The maximum Gasteiger partial charge on any atom is 0.226 e. The van der Waals surface area contributed by atoms with Gasteiger partial charge in [0, 0.05) is 24.7 Å². The molecule has 4 N–H and O–H groups in total. The summed E-state index contributed by atoms with van der Waals surface area (Å²) in [6, 6.07) is 5.79. The van der Waals surface area contributed by atoms with Gasteiger partial charge in [-0.05, 0) is 39.2 Å². The number of nitrogens with one attached hydrogen (secondary N) is 2. The van der Waals surface area contributed by atoms with Crippen LogP contribution in [0.5, 0.6) is 11.5 Å². The molecule has 9 nitrogen and oxygen atoms in total. The van der Waals surface area contributed by atoms with Crippen LogP contribution in [0.25, 0.3) is 11.2 Å². The molecule has 1 fully saturated rings. The molecule has 0 amide bonds. The van der Waals surface area contributed by atoms with Gasteiger partial charge in [0.1, 0.15) is 0 Å². The molecule has 0 radical (unpaired) electrons. The molecule has 0 bridgehead atoms. The van der Waals surface area contributed by atoms with Crippen LogP contribution < -0.4 is 15.4 Å². The van der Waals surface area contributed by atoms with Crippen LogP contribution in [0.3, 0.4) is 0 Å². The first-order valence-corrected chi connectivity index (χ1v) is 11.7. The molecule has 0 atom stereocenters. The Kier molecular flexibility index (Phi) is 6.88. The normalized spacial score (nSPS) is 15.0. The number of ether oxygens (including phenoxy) is 1. The maximum absolute atomic E-state index is 10.4. The molecule has 0 aliphatic heterocycles. The van der Waals surface area contributed by atoms with Crippen molar-refractivity contribution < 1.29 is 14.9 Å². The third kappa shape index (κ3) is 5.47. The molecule has 2 aromatic heterocycles. The van der Waals surface area contributed by atoms with Crippen LogP contribution >= 0.6 is 0 Å². The number of hydrogen-bond acceptors (Lipinski definition) is 8. The maximum atomic E-state index is 10.4. The van der Waals surface area contributed by atoms with E-state index in [2.05, 4.69) is 25.2 Å². The Morgan fingerprint density at radius 1 is 1.15 bits per heavy atom. The lowest BCUT2D eigenvalue weighted by molar-refractivity contribution is 0.0748. The minimum atomic E-state index is -0.772. The first-order chi connectivity index (χ1) is 15.9. The van der Waals surface area contributed by atoms with Crippen LogP contribution in [0.4, 0.5) is 11.8 Å². The predicted molar refractivity (Wildman–Crippen MR) is 129 cm³/mol. The van der Waals surface area contributed by atoms with Crippen molar-refractivity contribution in [3.63, 3.8) is 0 Å². The molecule has 1 aromatic carbocycles. The SMILES string of the molecule is COc1cccc(CNc2nc(NCCC(C)(C)O)nc3c2ncn3C2CCCCC2)c1O. The fourth-order valence-corrected chi connectivity index (χ4v) is 4.28. The Hall–Kier alpha value is -3.07. The van der Waals surface area contributed by atoms with Crippen LogP contribution in [0.2, 0.25) is 0 Å². The predicted octanol–water partition coefficient (Wildman–Crippen LogP) is 4.23. The van der Waals surface area contributed by atoms with Crippen molar-refractivity contribution in [2.24, 2.45) is 0 Å². The Bertz CT molecular complexity index is 1090. The van der Waals surface area contributed by atoms with Crippen molar-refractivity contribution in [2.45, 2.75) is 70.6 Å². The first kappa shape index (κ1) is 23.1. The minimum absolute atomic E-state index is 0.106. The molecule has 3 aromatic rings. The number of hydrogen-bond donors (Lipinski definition) is 4. The molecule has 1 aliphatic carbocycles. The summed E-state index contributed by atoms with van der Waals surface area (Å²) >= 11 is 0. The molecule has 178 valence electrons. The van der Waals surface area contributed by atoms with E-state index in [-0.39, 0.29) is 5.75 Å². The number of benzene rings is 1. The highest BCUT2D eigenvalue weighted by atomic mass is 16.5. The summed E-state index contributed by atoms with van der Waals surface area (Å²) in [7, 11) is 1.53. The van der Waals surface area contributed by atoms with E-state index in [1.165, 1.54) is 26.4 Å². The number of methoxy groups -OCH3 is 1. The third-order valence-electron chi connectivity index (χ3n) is 6.16. The standard InChI is InChI=1S/C24H34N6O3/c1-24(2,32)12-13-25-23-28-21(26-14-16-8-7-11-18(33-3)20(16)31)19-22(29-23)30(15-27-19)17-9-5-4-6-10-17/h7-8,11,15,17,31-32H,4-6,9-10,12-14H2,1-3H3,(H2,25,26,28,29). The Morgan fingerprint density at radius 3 is 2.67 bits per heavy atom. The van der Waals surface area contributed by atoms with Gasteiger partial charge in [-0.25, -0.2) is 4.98 Å². The Balaban J connectivity index is 1.64. The second-order valence-electron chi connectivity index (χ2n) is 9.32. The molecule has 0 spiro atoms. The molecule has 9 heteroatoms. The third-order valence-corrected chi connectivity index (χ3v) is 6.16. The van der Waals surface area contributed by atoms with Gasteiger partial charge >= 0.3 is 0 Å². The number of nitrogens with zero attached hydrogens (tertiary/aromatic N) is 4. The summed E-state index contributed by atoms with van der Waals surface area (Å²) < 4.78 is 7.39. The zero-order valence-corrected chi connectivity index (χ0v) is 19.6. The smallest absolute Gasteiger partial charge is 0.226 e. The molecule has 1 saturated carbocycles. The highest BCUT2D eigenvalue weighted by Gasteiger charge is 2.21. The molecule has 33 heavy (non-hydrogen) atoms. The fourth-order valence-electron chi connectivity index (χ4n) is 4.28. The van der Waals surface area contributed by atoms with Gasteiger partial charge in [0.15, 0.2) is 28.5 Å². The summed E-state index contributed by atoms with van der Waals surface area (Å²) in [6.45, 7) is 4.46. The van der Waals surface area contributed by atoms with Crippen molar-refractivity contribution in [1.29, 1.82) is 0 Å². The van der Waals surface area contributed by atoms with Gasteiger partial charge in [0.2, 0.25) is 5.95 Å². The van der Waals surface area contributed by atoms with E-state index in [4.69, 9.17) is 9.72 Å². The largest absolute Gasteiger partial charge is 0.504 e. The monoisotopic (exact) mass is 454 g/mol. The Morgan fingerprint density at radius 2 is 1.94 bits per heavy atom. The zero-order valence-electron chi connectivity index (χ0n) is 19.6. The number of phenols is 1. The number of rotatable bonds is 9. The van der Waals surface area contributed by atoms with E-state index in [0.29, 0.717) is 54.1 Å². The lowest BCUT2D eigenvalue weighted by atomic mass is 9.95. The summed E-state index contributed by atoms with van der Waals surface area (Å²) in [5.74, 6) is 1.62. The Labute approximate surface area is 194 Å². The second-order valence-corrected chi connectivity index (χ2v) is 9.32. The van der Waals surface area contributed by atoms with Crippen LogP contribution in [-0.4, -0.2) is 49.0 Å². The molecule has 0 saturated heterocycles. The number of aromatic nitrogens is 4. The summed E-state index contributed by atoms with van der Waals surface area (Å²) in [4.78, 5) is 14.1. The minimum Gasteiger partial charge on any atom is -0.504 e. The van der Waals surface area contributed by atoms with E-state index in [0.717, 1.165) is 18.5 Å². The van der Waals surface area contributed by atoms with Crippen LogP contribution in [0, 0.1) is 0 Å². The average Bonchev–Trinajstić information content (AvgIpc) is 3.22. The van der Waals surface area contributed by atoms with E-state index in [9.17, 15) is 10.2 Å². The van der Waals surface area contributed by atoms with Crippen molar-refractivity contribution in [3.8, 4) is 11.5 Å². The summed E-state index contributed by atoms with van der Waals surface area (Å²) in [6.07, 6.45) is 8.38. The number of fused-ring (bicyclic) bond motifs is 1. The van der Waals surface area contributed by atoms with E-state index >= 15 is 0 Å². The summed E-state index contributed by atoms with van der Waals surface area (Å²) in [5, 5.41) is 27.1. The van der Waals surface area contributed by atoms with E-state index in [1.54, 1.807) is 19.9 Å². The van der Waals surface area contributed by atoms with E-state index < -0.39 is 5.60 Å². The number of para-hydroxylation sites is 1.